The molecule has 2 aromatic rings. The zero-order valence-corrected chi connectivity index (χ0v) is 12.8. The maximum Gasteiger partial charge on any atom is 0.338 e. The summed E-state index contributed by atoms with van der Waals surface area (Å²) in [5, 5.41) is 2.98. The van der Waals surface area contributed by atoms with Gasteiger partial charge in [-0.2, -0.15) is 0 Å². The molecule has 2 rings (SSSR count). The second kappa shape index (κ2) is 6.89. The second-order valence-electron chi connectivity index (χ2n) is 5.43. The van der Waals surface area contributed by atoms with Gasteiger partial charge in [-0.3, -0.25) is 9.78 Å². The summed E-state index contributed by atoms with van der Waals surface area (Å²) < 4.78 is 5.16. The largest absolute Gasteiger partial charge is 0.462 e. The summed E-state index contributed by atoms with van der Waals surface area (Å²) in [6, 6.07) is 8.21. The van der Waals surface area contributed by atoms with Gasteiger partial charge in [0.1, 0.15) is 0 Å². The van der Waals surface area contributed by atoms with Gasteiger partial charge in [0.05, 0.1) is 12.2 Å². The van der Waals surface area contributed by atoms with Gasteiger partial charge in [-0.05, 0) is 37.1 Å². The Kier molecular flexibility index (Phi) is 4.93. The van der Waals surface area contributed by atoms with Crippen LogP contribution in [-0.4, -0.2) is 22.5 Å². The second-order valence-corrected chi connectivity index (χ2v) is 5.43. The van der Waals surface area contributed by atoms with Gasteiger partial charge in [0.2, 0.25) is 5.95 Å². The summed E-state index contributed by atoms with van der Waals surface area (Å²) in [6.07, 6.45) is 0. The number of carbonyl (C=O) groups excluding carboxylic acids is 1. The molecular weight excluding hydrogens is 282 g/mol. The molecule has 1 heterocycles. The van der Waals surface area contributed by atoms with Crippen LogP contribution in [0.1, 0.15) is 29.9 Å². The average molecular weight is 301 g/mol. The van der Waals surface area contributed by atoms with Gasteiger partial charge in [-0.15, -0.1) is 0 Å². The summed E-state index contributed by atoms with van der Waals surface area (Å²) in [4.78, 5) is 30.0. The van der Waals surface area contributed by atoms with E-state index in [2.05, 4.69) is 15.3 Å². The molecule has 116 valence electrons. The van der Waals surface area contributed by atoms with Crippen LogP contribution in [-0.2, 0) is 4.74 Å². The highest BCUT2D eigenvalue weighted by Crippen LogP contribution is 2.14. The quantitative estimate of drug-likeness (QED) is 0.829. The minimum absolute atomic E-state index is 0.219. The summed E-state index contributed by atoms with van der Waals surface area (Å²) in [7, 11) is 0. The number of aromatic amines is 1. The van der Waals surface area contributed by atoms with E-state index >= 15 is 0 Å². The lowest BCUT2D eigenvalue weighted by Crippen LogP contribution is -2.11. The first-order valence-electron chi connectivity index (χ1n) is 7.06. The summed E-state index contributed by atoms with van der Waals surface area (Å²) in [5.74, 6) is 0.316. The lowest BCUT2D eigenvalue weighted by molar-refractivity contribution is 0.0459. The van der Waals surface area contributed by atoms with Gasteiger partial charge in [-0.25, -0.2) is 9.78 Å². The molecule has 0 radical (unpaired) electrons. The molecule has 0 spiro atoms. The first-order valence-corrected chi connectivity index (χ1v) is 7.06. The van der Waals surface area contributed by atoms with E-state index in [1.54, 1.807) is 31.2 Å². The Morgan fingerprint density at radius 1 is 1.32 bits per heavy atom. The topological polar surface area (TPSA) is 84.1 Å². The number of anilines is 2. The first-order chi connectivity index (χ1) is 10.4. The Morgan fingerprint density at radius 3 is 2.59 bits per heavy atom. The van der Waals surface area contributed by atoms with Crippen LogP contribution < -0.4 is 10.9 Å². The number of nitrogens with one attached hydrogen (secondary N) is 2. The molecule has 6 heteroatoms. The number of ether oxygens (including phenoxy) is 1. The van der Waals surface area contributed by atoms with Crippen LogP contribution in [0.5, 0.6) is 0 Å². The molecule has 0 aliphatic carbocycles. The van der Waals surface area contributed by atoms with Crippen LogP contribution in [0.4, 0.5) is 11.6 Å². The number of H-pyrrole nitrogens is 1. The van der Waals surface area contributed by atoms with Crippen molar-refractivity contribution in [2.24, 2.45) is 5.92 Å². The fourth-order valence-corrected chi connectivity index (χ4v) is 1.79. The van der Waals surface area contributed by atoms with E-state index in [-0.39, 0.29) is 11.5 Å². The van der Waals surface area contributed by atoms with Crippen molar-refractivity contribution in [3.05, 3.63) is 51.9 Å². The van der Waals surface area contributed by atoms with Crippen molar-refractivity contribution in [3.8, 4) is 0 Å². The van der Waals surface area contributed by atoms with Gasteiger partial charge in [0, 0.05) is 17.4 Å². The van der Waals surface area contributed by atoms with Crippen LogP contribution in [0.2, 0.25) is 0 Å². The predicted octanol–water partition coefficient (Wildman–Crippen LogP) is 2.63. The third-order valence-electron chi connectivity index (χ3n) is 2.80. The molecule has 0 amide bonds. The van der Waals surface area contributed by atoms with E-state index in [1.807, 2.05) is 13.8 Å². The Labute approximate surface area is 128 Å². The summed E-state index contributed by atoms with van der Waals surface area (Å²) in [5.41, 5.74) is 1.61. The fourth-order valence-electron chi connectivity index (χ4n) is 1.79. The Balaban J connectivity index is 2.05. The molecule has 1 aromatic heterocycles. The van der Waals surface area contributed by atoms with Crippen molar-refractivity contribution in [2.45, 2.75) is 20.8 Å². The maximum atomic E-state index is 11.8. The number of nitrogens with zero attached hydrogens (tertiary/aromatic N) is 1. The lowest BCUT2D eigenvalue weighted by atomic mass is 10.2. The predicted molar refractivity (Wildman–Crippen MR) is 84.4 cm³/mol. The van der Waals surface area contributed by atoms with Crippen LogP contribution in [0.25, 0.3) is 0 Å². The summed E-state index contributed by atoms with van der Waals surface area (Å²) >= 11 is 0. The smallest absolute Gasteiger partial charge is 0.338 e. The van der Waals surface area contributed by atoms with Gasteiger partial charge < -0.3 is 10.1 Å². The number of esters is 1. The SMILES string of the molecule is Cc1cc(=O)[nH]c(Nc2ccc(C(=O)OCC(C)C)cc2)n1. The van der Waals surface area contributed by atoms with Crippen molar-refractivity contribution in [1.29, 1.82) is 0 Å². The molecule has 6 nitrogen and oxygen atoms in total. The van der Waals surface area contributed by atoms with Crippen molar-refractivity contribution >= 4 is 17.6 Å². The van der Waals surface area contributed by atoms with E-state index in [0.29, 0.717) is 35.4 Å². The van der Waals surface area contributed by atoms with Crippen molar-refractivity contribution < 1.29 is 9.53 Å². The molecule has 0 aliphatic heterocycles. The minimum Gasteiger partial charge on any atom is -0.462 e. The monoisotopic (exact) mass is 301 g/mol. The molecule has 1 aromatic carbocycles. The number of rotatable bonds is 5. The summed E-state index contributed by atoms with van der Waals surface area (Å²) in [6.45, 7) is 6.10. The van der Waals surface area contributed by atoms with Crippen LogP contribution >= 0.6 is 0 Å². The number of hydrogen-bond acceptors (Lipinski definition) is 5. The number of hydrogen-bond donors (Lipinski definition) is 2. The molecule has 0 saturated heterocycles. The first kappa shape index (κ1) is 15.8. The molecule has 0 saturated carbocycles. The molecule has 0 fully saturated rings. The molecule has 22 heavy (non-hydrogen) atoms. The van der Waals surface area contributed by atoms with E-state index in [9.17, 15) is 9.59 Å². The van der Waals surface area contributed by atoms with E-state index in [0.717, 1.165) is 0 Å². The van der Waals surface area contributed by atoms with Crippen molar-refractivity contribution in [2.75, 3.05) is 11.9 Å². The Hall–Kier alpha value is -2.63. The Morgan fingerprint density at radius 2 is 2.00 bits per heavy atom. The molecule has 0 unspecified atom stereocenters. The molecule has 2 N–H and O–H groups in total. The number of benzene rings is 1. The number of aryl methyl sites for hydroxylation is 1. The Bertz CT molecular complexity index is 705. The van der Waals surface area contributed by atoms with Crippen molar-refractivity contribution in [3.63, 3.8) is 0 Å². The number of carbonyl (C=O) groups is 1. The molecule has 0 bridgehead atoms. The fraction of sp³-hybridized carbons (Fsp3) is 0.312. The molecule has 0 atom stereocenters. The minimum atomic E-state index is -0.345. The number of aromatic nitrogens is 2. The van der Waals surface area contributed by atoms with Gasteiger partial charge in [-0.1, -0.05) is 13.8 Å². The highest BCUT2D eigenvalue weighted by Gasteiger charge is 2.08. The maximum absolute atomic E-state index is 11.8. The van der Waals surface area contributed by atoms with E-state index < -0.39 is 0 Å². The lowest BCUT2D eigenvalue weighted by Gasteiger charge is -2.08. The van der Waals surface area contributed by atoms with Crippen LogP contribution in [0.15, 0.2) is 35.1 Å². The van der Waals surface area contributed by atoms with Gasteiger partial charge >= 0.3 is 5.97 Å². The molecule has 0 aliphatic rings. The zero-order valence-electron chi connectivity index (χ0n) is 12.8. The standard InChI is InChI=1S/C16H19N3O3/c1-10(2)9-22-15(21)12-4-6-13(7-5-12)18-16-17-11(3)8-14(20)19-16/h4-8,10H,9H2,1-3H3,(H2,17,18,19,20). The van der Waals surface area contributed by atoms with Crippen LogP contribution in [0, 0.1) is 12.8 Å². The van der Waals surface area contributed by atoms with E-state index in [4.69, 9.17) is 4.74 Å². The zero-order chi connectivity index (χ0) is 16.1. The van der Waals surface area contributed by atoms with E-state index in [1.165, 1.54) is 6.07 Å². The van der Waals surface area contributed by atoms with Crippen LogP contribution in [0.3, 0.4) is 0 Å². The highest BCUT2D eigenvalue weighted by atomic mass is 16.5. The average Bonchev–Trinajstić information content (AvgIpc) is 2.44. The normalized spacial score (nSPS) is 10.5. The highest BCUT2D eigenvalue weighted by molar-refractivity contribution is 5.89. The molecular formula is C16H19N3O3. The van der Waals surface area contributed by atoms with Gasteiger partial charge in [0.15, 0.2) is 0 Å². The third-order valence-corrected chi connectivity index (χ3v) is 2.80. The third kappa shape index (κ3) is 4.44. The van der Waals surface area contributed by atoms with Gasteiger partial charge in [0.25, 0.3) is 5.56 Å². The van der Waals surface area contributed by atoms with Crippen molar-refractivity contribution in [1.82, 2.24) is 9.97 Å².